The molecule has 0 unspecified atom stereocenters. The fourth-order valence-electron chi connectivity index (χ4n) is 1.43. The van der Waals surface area contributed by atoms with Crippen molar-refractivity contribution < 1.29 is 9.53 Å². The lowest BCUT2D eigenvalue weighted by atomic mass is 10.2. The summed E-state index contributed by atoms with van der Waals surface area (Å²) in [5.41, 5.74) is 0.980. The quantitative estimate of drug-likeness (QED) is 0.824. The van der Waals surface area contributed by atoms with Crippen LogP contribution in [0.2, 0.25) is 0 Å². The van der Waals surface area contributed by atoms with E-state index in [-0.39, 0.29) is 12.1 Å². The molecule has 0 spiro atoms. The molecule has 0 aliphatic rings. The highest BCUT2D eigenvalue weighted by Crippen LogP contribution is 2.17. The van der Waals surface area contributed by atoms with Gasteiger partial charge in [-0.1, -0.05) is 18.2 Å². The molecular formula is C13H20N2O2. The standard InChI is InChI=1S/C13H20N2O2/c1-4-17-12-8-6-5-7-11(12)9-14-13(16)15-10(2)3/h5-8,10H,4,9H2,1-3H3,(H2,14,15,16). The average Bonchev–Trinajstić information content (AvgIpc) is 2.27. The van der Waals surface area contributed by atoms with Crippen molar-refractivity contribution in [2.24, 2.45) is 0 Å². The Morgan fingerprint density at radius 1 is 1.35 bits per heavy atom. The predicted molar refractivity (Wildman–Crippen MR) is 68.1 cm³/mol. The zero-order chi connectivity index (χ0) is 12.7. The Labute approximate surface area is 102 Å². The molecule has 0 aliphatic carbocycles. The van der Waals surface area contributed by atoms with Gasteiger partial charge in [-0.2, -0.15) is 0 Å². The lowest BCUT2D eigenvalue weighted by Gasteiger charge is -2.12. The maximum atomic E-state index is 11.4. The van der Waals surface area contributed by atoms with Gasteiger partial charge in [-0.25, -0.2) is 4.79 Å². The molecule has 94 valence electrons. The van der Waals surface area contributed by atoms with Gasteiger partial charge >= 0.3 is 6.03 Å². The van der Waals surface area contributed by atoms with E-state index < -0.39 is 0 Å². The first kappa shape index (κ1) is 13.4. The number of amides is 2. The van der Waals surface area contributed by atoms with Crippen LogP contribution >= 0.6 is 0 Å². The summed E-state index contributed by atoms with van der Waals surface area (Å²) in [6, 6.07) is 7.67. The van der Waals surface area contributed by atoms with Crippen molar-refractivity contribution >= 4 is 6.03 Å². The molecule has 0 radical (unpaired) electrons. The van der Waals surface area contributed by atoms with Crippen LogP contribution in [0.5, 0.6) is 5.75 Å². The van der Waals surface area contributed by atoms with Gasteiger partial charge in [0.1, 0.15) is 5.75 Å². The second-order valence-corrected chi connectivity index (χ2v) is 4.02. The minimum atomic E-state index is -0.161. The molecule has 17 heavy (non-hydrogen) atoms. The van der Waals surface area contributed by atoms with Crippen molar-refractivity contribution in [2.45, 2.75) is 33.4 Å². The monoisotopic (exact) mass is 236 g/mol. The molecule has 0 saturated carbocycles. The van der Waals surface area contributed by atoms with Crippen LogP contribution in [-0.2, 0) is 6.54 Å². The predicted octanol–water partition coefficient (Wildman–Crippen LogP) is 2.29. The maximum absolute atomic E-state index is 11.4. The van der Waals surface area contributed by atoms with Gasteiger partial charge in [-0.3, -0.25) is 0 Å². The number of ether oxygens (including phenoxy) is 1. The normalized spacial score (nSPS) is 10.1. The van der Waals surface area contributed by atoms with Crippen molar-refractivity contribution in [3.05, 3.63) is 29.8 Å². The summed E-state index contributed by atoms with van der Waals surface area (Å²) in [6.45, 7) is 6.88. The molecule has 0 aromatic heterocycles. The largest absolute Gasteiger partial charge is 0.494 e. The van der Waals surface area contributed by atoms with Gasteiger partial charge in [0.15, 0.2) is 0 Å². The number of carbonyl (C=O) groups excluding carboxylic acids is 1. The van der Waals surface area contributed by atoms with Crippen molar-refractivity contribution in [3.63, 3.8) is 0 Å². The molecule has 0 atom stereocenters. The van der Waals surface area contributed by atoms with Gasteiger partial charge in [0.05, 0.1) is 6.61 Å². The van der Waals surface area contributed by atoms with Crippen LogP contribution in [0.3, 0.4) is 0 Å². The second kappa shape index (κ2) is 6.78. The number of nitrogens with one attached hydrogen (secondary N) is 2. The summed E-state index contributed by atoms with van der Waals surface area (Å²) in [5, 5.41) is 5.57. The Bertz CT molecular complexity index is 364. The highest BCUT2D eigenvalue weighted by molar-refractivity contribution is 5.74. The van der Waals surface area contributed by atoms with Crippen molar-refractivity contribution in [1.29, 1.82) is 0 Å². The van der Waals surface area contributed by atoms with E-state index in [1.807, 2.05) is 45.0 Å². The van der Waals surface area contributed by atoms with Gasteiger partial charge in [0, 0.05) is 18.2 Å². The van der Waals surface area contributed by atoms with Gasteiger partial charge in [0.25, 0.3) is 0 Å². The second-order valence-electron chi connectivity index (χ2n) is 4.02. The highest BCUT2D eigenvalue weighted by atomic mass is 16.5. The maximum Gasteiger partial charge on any atom is 0.315 e. The number of para-hydroxylation sites is 1. The fraction of sp³-hybridized carbons (Fsp3) is 0.462. The van der Waals surface area contributed by atoms with Crippen molar-refractivity contribution in [2.75, 3.05) is 6.61 Å². The van der Waals surface area contributed by atoms with Gasteiger partial charge in [-0.15, -0.1) is 0 Å². The minimum absolute atomic E-state index is 0.136. The number of benzene rings is 1. The molecule has 1 rings (SSSR count). The Balaban J connectivity index is 2.53. The molecule has 1 aromatic carbocycles. The van der Waals surface area contributed by atoms with Crippen molar-refractivity contribution in [3.8, 4) is 5.75 Å². The third kappa shape index (κ3) is 4.76. The summed E-state index contributed by atoms with van der Waals surface area (Å²) in [6.07, 6.45) is 0. The lowest BCUT2D eigenvalue weighted by Crippen LogP contribution is -2.39. The SMILES string of the molecule is CCOc1ccccc1CNC(=O)NC(C)C. The van der Waals surface area contributed by atoms with Crippen LogP contribution in [0.15, 0.2) is 24.3 Å². The molecule has 4 nitrogen and oxygen atoms in total. The van der Waals surface area contributed by atoms with Gasteiger partial charge in [-0.05, 0) is 26.8 Å². The molecule has 2 amide bonds. The Morgan fingerprint density at radius 3 is 2.71 bits per heavy atom. The molecule has 4 heteroatoms. The molecule has 0 saturated heterocycles. The van der Waals surface area contributed by atoms with Crippen LogP contribution in [0, 0.1) is 0 Å². The molecule has 0 aliphatic heterocycles. The fourth-order valence-corrected chi connectivity index (χ4v) is 1.43. The smallest absolute Gasteiger partial charge is 0.315 e. The number of urea groups is 1. The van der Waals surface area contributed by atoms with E-state index in [2.05, 4.69) is 10.6 Å². The van der Waals surface area contributed by atoms with E-state index in [1.165, 1.54) is 0 Å². The lowest BCUT2D eigenvalue weighted by molar-refractivity contribution is 0.238. The molecular weight excluding hydrogens is 216 g/mol. The zero-order valence-electron chi connectivity index (χ0n) is 10.6. The average molecular weight is 236 g/mol. The number of rotatable bonds is 5. The molecule has 1 aromatic rings. The Kier molecular flexibility index (Phi) is 5.33. The summed E-state index contributed by atoms with van der Waals surface area (Å²) >= 11 is 0. The number of carbonyl (C=O) groups is 1. The van der Waals surface area contributed by atoms with Gasteiger partial charge < -0.3 is 15.4 Å². The van der Waals surface area contributed by atoms with E-state index >= 15 is 0 Å². The zero-order valence-corrected chi connectivity index (χ0v) is 10.6. The first-order valence-corrected chi connectivity index (χ1v) is 5.88. The van der Waals surface area contributed by atoms with E-state index in [0.717, 1.165) is 11.3 Å². The van der Waals surface area contributed by atoms with Gasteiger partial charge in [0.2, 0.25) is 0 Å². The van der Waals surface area contributed by atoms with Crippen LogP contribution in [0.4, 0.5) is 4.79 Å². The first-order valence-electron chi connectivity index (χ1n) is 5.88. The Morgan fingerprint density at radius 2 is 2.06 bits per heavy atom. The third-order valence-corrected chi connectivity index (χ3v) is 2.13. The first-order chi connectivity index (χ1) is 8.13. The van der Waals surface area contributed by atoms with Crippen LogP contribution < -0.4 is 15.4 Å². The summed E-state index contributed by atoms with van der Waals surface area (Å²) in [5.74, 6) is 0.819. The molecule has 0 fully saturated rings. The molecule has 2 N–H and O–H groups in total. The van der Waals surface area contributed by atoms with Crippen LogP contribution in [-0.4, -0.2) is 18.7 Å². The number of hydrogen-bond acceptors (Lipinski definition) is 2. The van der Waals surface area contributed by atoms with E-state index in [0.29, 0.717) is 13.2 Å². The minimum Gasteiger partial charge on any atom is -0.494 e. The van der Waals surface area contributed by atoms with Crippen LogP contribution in [0.25, 0.3) is 0 Å². The topological polar surface area (TPSA) is 50.4 Å². The summed E-state index contributed by atoms with van der Waals surface area (Å²) in [7, 11) is 0. The third-order valence-electron chi connectivity index (χ3n) is 2.13. The highest BCUT2D eigenvalue weighted by Gasteiger charge is 2.05. The summed E-state index contributed by atoms with van der Waals surface area (Å²) < 4.78 is 5.48. The Hall–Kier alpha value is -1.71. The van der Waals surface area contributed by atoms with Crippen LogP contribution in [0.1, 0.15) is 26.3 Å². The summed E-state index contributed by atoms with van der Waals surface area (Å²) in [4.78, 5) is 11.4. The van der Waals surface area contributed by atoms with E-state index in [9.17, 15) is 4.79 Å². The molecule has 0 bridgehead atoms. The van der Waals surface area contributed by atoms with E-state index in [4.69, 9.17) is 4.74 Å². The van der Waals surface area contributed by atoms with E-state index in [1.54, 1.807) is 0 Å². The molecule has 0 heterocycles. The number of hydrogen-bond donors (Lipinski definition) is 2. The van der Waals surface area contributed by atoms with Crippen molar-refractivity contribution in [1.82, 2.24) is 10.6 Å².